The average molecular weight is 391 g/mol. The van der Waals surface area contributed by atoms with Crippen molar-refractivity contribution in [2.24, 2.45) is 5.73 Å². The molecule has 1 atom stereocenters. The Hall–Kier alpha value is -2.50. The number of benzene rings is 2. The van der Waals surface area contributed by atoms with Gasteiger partial charge in [0.05, 0.1) is 21.5 Å². The number of halogens is 2. The number of rotatable bonds is 3. The van der Waals surface area contributed by atoms with E-state index in [1.54, 1.807) is 32.0 Å². The molecule has 3 aromatic rings. The molecule has 0 fully saturated rings. The molecule has 26 heavy (non-hydrogen) atoms. The first-order chi connectivity index (χ1) is 12.2. The quantitative estimate of drug-likeness (QED) is 0.700. The van der Waals surface area contributed by atoms with Crippen LogP contribution in [0, 0.1) is 6.92 Å². The van der Waals surface area contributed by atoms with Gasteiger partial charge in [0.15, 0.2) is 0 Å². The maximum atomic E-state index is 13.1. The number of aromatic hydroxyl groups is 1. The highest BCUT2D eigenvalue weighted by Gasteiger charge is 2.25. The van der Waals surface area contributed by atoms with Crippen LogP contribution in [0.25, 0.3) is 10.9 Å². The van der Waals surface area contributed by atoms with Crippen LogP contribution < -0.4 is 5.73 Å². The Labute approximate surface area is 159 Å². The topological polar surface area (TPSA) is 85.3 Å². The number of phenols is 1. The lowest BCUT2D eigenvalue weighted by atomic mass is 9.97. The van der Waals surface area contributed by atoms with E-state index in [1.807, 2.05) is 0 Å². The molecule has 0 saturated heterocycles. The van der Waals surface area contributed by atoms with Gasteiger partial charge in [-0.1, -0.05) is 23.2 Å². The number of hydrogen-bond donors (Lipinski definition) is 2. The van der Waals surface area contributed by atoms with Crippen LogP contribution in [0.5, 0.6) is 5.75 Å². The summed E-state index contributed by atoms with van der Waals surface area (Å²) in [5, 5.41) is 11.1. The standard InChI is InChI=1S/C19H16Cl2N2O3/c1-9(18(22)25)17-10(2)23(16-6-4-12(24)8-13(16)17)19(26)11-3-5-14(20)15(21)7-11/h3-9,24H,1-2H3,(H2,22,25)/t9-/m1/s1. The van der Waals surface area contributed by atoms with Crippen LogP contribution in [0.4, 0.5) is 0 Å². The number of nitrogens with zero attached hydrogens (tertiary/aromatic N) is 1. The zero-order chi connectivity index (χ0) is 19.2. The lowest BCUT2D eigenvalue weighted by molar-refractivity contribution is -0.119. The van der Waals surface area contributed by atoms with Crippen molar-refractivity contribution in [3.63, 3.8) is 0 Å². The van der Waals surface area contributed by atoms with E-state index in [4.69, 9.17) is 28.9 Å². The van der Waals surface area contributed by atoms with Crippen LogP contribution >= 0.6 is 23.2 Å². The molecule has 3 rings (SSSR count). The summed E-state index contributed by atoms with van der Waals surface area (Å²) >= 11 is 12.0. The smallest absolute Gasteiger partial charge is 0.262 e. The highest BCUT2D eigenvalue weighted by Crippen LogP contribution is 2.35. The van der Waals surface area contributed by atoms with Gasteiger partial charge in [-0.05, 0) is 55.8 Å². The number of fused-ring (bicyclic) bond motifs is 1. The summed E-state index contributed by atoms with van der Waals surface area (Å²) in [5.74, 6) is -1.42. The molecule has 1 heterocycles. The van der Waals surface area contributed by atoms with Gasteiger partial charge in [-0.15, -0.1) is 0 Å². The van der Waals surface area contributed by atoms with E-state index in [1.165, 1.54) is 22.8 Å². The number of aromatic nitrogens is 1. The number of amides is 1. The van der Waals surface area contributed by atoms with Crippen molar-refractivity contribution in [1.82, 2.24) is 4.57 Å². The Morgan fingerprint density at radius 2 is 1.81 bits per heavy atom. The normalized spacial score (nSPS) is 12.3. The Bertz CT molecular complexity index is 1060. The molecule has 0 saturated carbocycles. The lowest BCUT2D eigenvalue weighted by Crippen LogP contribution is -2.20. The predicted octanol–water partition coefficient (Wildman–Crippen LogP) is 4.24. The maximum absolute atomic E-state index is 13.1. The van der Waals surface area contributed by atoms with Gasteiger partial charge < -0.3 is 10.8 Å². The van der Waals surface area contributed by atoms with E-state index >= 15 is 0 Å². The molecule has 3 N–H and O–H groups in total. The fraction of sp³-hybridized carbons (Fsp3) is 0.158. The Morgan fingerprint density at radius 1 is 1.12 bits per heavy atom. The molecule has 0 unspecified atom stereocenters. The zero-order valence-corrected chi connectivity index (χ0v) is 15.6. The van der Waals surface area contributed by atoms with Crippen LogP contribution in [-0.2, 0) is 4.79 Å². The Kier molecular flexibility index (Phi) is 4.69. The molecule has 0 bridgehead atoms. The maximum Gasteiger partial charge on any atom is 0.262 e. The van der Waals surface area contributed by atoms with Crippen molar-refractivity contribution in [3.05, 3.63) is 63.3 Å². The van der Waals surface area contributed by atoms with E-state index in [-0.39, 0.29) is 16.7 Å². The molecule has 2 aromatic carbocycles. The first-order valence-corrected chi connectivity index (χ1v) is 8.61. The molecular weight excluding hydrogens is 375 g/mol. The number of phenolic OH excluding ortho intramolecular Hbond substituents is 1. The molecule has 0 radical (unpaired) electrons. The van der Waals surface area contributed by atoms with Gasteiger partial charge in [-0.2, -0.15) is 0 Å². The second-order valence-electron chi connectivity index (χ2n) is 6.09. The zero-order valence-electron chi connectivity index (χ0n) is 14.1. The third-order valence-electron chi connectivity index (χ3n) is 4.47. The molecule has 1 aromatic heterocycles. The molecule has 0 spiro atoms. The van der Waals surface area contributed by atoms with Crippen LogP contribution in [0.1, 0.15) is 34.5 Å². The van der Waals surface area contributed by atoms with Crippen molar-refractivity contribution in [2.75, 3.05) is 0 Å². The summed E-state index contributed by atoms with van der Waals surface area (Å²) < 4.78 is 1.49. The molecule has 0 aliphatic heterocycles. The fourth-order valence-corrected chi connectivity index (χ4v) is 3.44. The van der Waals surface area contributed by atoms with Crippen molar-refractivity contribution < 1.29 is 14.7 Å². The minimum Gasteiger partial charge on any atom is -0.508 e. The third kappa shape index (κ3) is 2.93. The summed E-state index contributed by atoms with van der Waals surface area (Å²) in [6.07, 6.45) is 0. The predicted molar refractivity (Wildman–Crippen MR) is 102 cm³/mol. The summed E-state index contributed by atoms with van der Waals surface area (Å²) in [6, 6.07) is 9.27. The van der Waals surface area contributed by atoms with E-state index < -0.39 is 11.8 Å². The van der Waals surface area contributed by atoms with Gasteiger partial charge in [-0.3, -0.25) is 14.2 Å². The summed E-state index contributed by atoms with van der Waals surface area (Å²) in [6.45, 7) is 3.41. The van der Waals surface area contributed by atoms with Crippen molar-refractivity contribution in [3.8, 4) is 5.75 Å². The average Bonchev–Trinajstić information content (AvgIpc) is 2.87. The van der Waals surface area contributed by atoms with Crippen molar-refractivity contribution >= 4 is 45.9 Å². The van der Waals surface area contributed by atoms with Gasteiger partial charge in [0, 0.05) is 16.6 Å². The van der Waals surface area contributed by atoms with E-state index in [0.29, 0.717) is 32.7 Å². The van der Waals surface area contributed by atoms with Crippen molar-refractivity contribution in [1.29, 1.82) is 0 Å². The van der Waals surface area contributed by atoms with Gasteiger partial charge in [0.2, 0.25) is 5.91 Å². The molecule has 134 valence electrons. The third-order valence-corrected chi connectivity index (χ3v) is 5.20. The van der Waals surface area contributed by atoms with Crippen molar-refractivity contribution in [2.45, 2.75) is 19.8 Å². The highest BCUT2D eigenvalue weighted by molar-refractivity contribution is 6.42. The summed E-state index contributed by atoms with van der Waals surface area (Å²) in [5.41, 5.74) is 7.58. The molecule has 7 heteroatoms. The number of hydrogen-bond acceptors (Lipinski definition) is 3. The van der Waals surface area contributed by atoms with Gasteiger partial charge in [0.25, 0.3) is 5.91 Å². The Balaban J connectivity index is 2.29. The minimum atomic E-state index is -0.623. The monoisotopic (exact) mass is 390 g/mol. The fourth-order valence-electron chi connectivity index (χ4n) is 3.14. The number of primary amides is 1. The molecular formula is C19H16Cl2N2O3. The second-order valence-corrected chi connectivity index (χ2v) is 6.91. The number of nitrogens with two attached hydrogens (primary N) is 1. The van der Waals surface area contributed by atoms with Gasteiger partial charge in [-0.25, -0.2) is 0 Å². The van der Waals surface area contributed by atoms with Crippen LogP contribution in [0.15, 0.2) is 36.4 Å². The molecule has 0 aliphatic carbocycles. The summed E-state index contributed by atoms with van der Waals surface area (Å²) in [4.78, 5) is 24.9. The second kappa shape index (κ2) is 6.67. The summed E-state index contributed by atoms with van der Waals surface area (Å²) in [7, 11) is 0. The molecule has 5 nitrogen and oxygen atoms in total. The largest absolute Gasteiger partial charge is 0.508 e. The SMILES string of the molecule is Cc1c([C@@H](C)C(N)=O)c2cc(O)ccc2n1C(=O)c1ccc(Cl)c(Cl)c1. The minimum absolute atomic E-state index is 0.0366. The van der Waals surface area contributed by atoms with Crippen LogP contribution in [0.2, 0.25) is 10.0 Å². The van der Waals surface area contributed by atoms with Crippen LogP contribution in [-0.4, -0.2) is 21.5 Å². The van der Waals surface area contributed by atoms with E-state index in [0.717, 1.165) is 0 Å². The molecule has 0 aliphatic rings. The van der Waals surface area contributed by atoms with Gasteiger partial charge in [0.1, 0.15) is 5.75 Å². The Morgan fingerprint density at radius 3 is 2.42 bits per heavy atom. The van der Waals surface area contributed by atoms with E-state index in [2.05, 4.69) is 0 Å². The number of carbonyl (C=O) groups excluding carboxylic acids is 2. The first kappa shape index (κ1) is 18.3. The van der Waals surface area contributed by atoms with Crippen LogP contribution in [0.3, 0.4) is 0 Å². The number of carbonyl (C=O) groups is 2. The van der Waals surface area contributed by atoms with Gasteiger partial charge >= 0.3 is 0 Å². The highest BCUT2D eigenvalue weighted by atomic mass is 35.5. The lowest BCUT2D eigenvalue weighted by Gasteiger charge is -2.10. The molecule has 1 amide bonds. The first-order valence-electron chi connectivity index (χ1n) is 7.85. The van der Waals surface area contributed by atoms with E-state index in [9.17, 15) is 14.7 Å².